The molecule has 3 nitrogen and oxygen atoms in total. The number of aryl methyl sites for hydroxylation is 1. The minimum Gasteiger partial charge on any atom is -0.343 e. The van der Waals surface area contributed by atoms with E-state index in [1.54, 1.807) is 26.0 Å². The van der Waals surface area contributed by atoms with E-state index < -0.39 is 11.7 Å². The maximum Gasteiger partial charge on any atom is 0.287 e. The number of Topliss-reactive ketones (excluding diaryl/α,β-unsaturated/α-hetero) is 1. The summed E-state index contributed by atoms with van der Waals surface area (Å²) in [7, 11) is 0. The molecule has 0 aliphatic heterocycles. The fourth-order valence-electron chi connectivity index (χ4n) is 1.26. The van der Waals surface area contributed by atoms with Crippen LogP contribution in [0.25, 0.3) is 0 Å². The van der Waals surface area contributed by atoms with Crippen LogP contribution in [-0.4, -0.2) is 11.7 Å². The number of benzene rings is 1. The summed E-state index contributed by atoms with van der Waals surface area (Å²) < 4.78 is 13.3. The third-order valence-corrected chi connectivity index (χ3v) is 2.36. The summed E-state index contributed by atoms with van der Waals surface area (Å²) in [5, 5.41) is 2.49. The van der Waals surface area contributed by atoms with Crippen LogP contribution in [0.2, 0.25) is 0 Å². The highest BCUT2D eigenvalue weighted by Gasteiger charge is 2.13. The zero-order valence-electron chi connectivity index (χ0n) is 9.50. The predicted octanol–water partition coefficient (Wildman–Crippen LogP) is 1.90. The van der Waals surface area contributed by atoms with E-state index in [9.17, 15) is 14.0 Å². The Morgan fingerprint density at radius 3 is 2.50 bits per heavy atom. The average Bonchev–Trinajstić information content (AvgIpc) is 2.21. The van der Waals surface area contributed by atoms with Crippen LogP contribution in [0.3, 0.4) is 0 Å². The normalized spacial score (nSPS) is 12.0. The lowest BCUT2D eigenvalue weighted by molar-refractivity contribution is -0.137. The van der Waals surface area contributed by atoms with E-state index in [0.717, 1.165) is 0 Å². The molecule has 16 heavy (non-hydrogen) atoms. The molecule has 1 aromatic carbocycles. The third kappa shape index (κ3) is 2.89. The summed E-state index contributed by atoms with van der Waals surface area (Å²) in [5.41, 5.74) is 1.19. The molecule has 86 valence electrons. The Morgan fingerprint density at radius 2 is 2.00 bits per heavy atom. The van der Waals surface area contributed by atoms with Crippen molar-refractivity contribution in [3.8, 4) is 0 Å². The van der Waals surface area contributed by atoms with Gasteiger partial charge in [-0.25, -0.2) is 4.39 Å². The molecule has 0 heterocycles. The second kappa shape index (κ2) is 4.88. The van der Waals surface area contributed by atoms with Gasteiger partial charge in [0.2, 0.25) is 5.78 Å². The van der Waals surface area contributed by atoms with Crippen molar-refractivity contribution in [1.82, 2.24) is 5.32 Å². The first kappa shape index (κ1) is 12.4. The first-order valence-corrected chi connectivity index (χ1v) is 4.99. The molecule has 0 aromatic heterocycles. The predicted molar refractivity (Wildman–Crippen MR) is 58.4 cm³/mol. The van der Waals surface area contributed by atoms with Crippen molar-refractivity contribution in [3.05, 3.63) is 35.1 Å². The number of ketones is 1. The van der Waals surface area contributed by atoms with Gasteiger partial charge in [-0.3, -0.25) is 9.59 Å². The molecule has 0 saturated heterocycles. The summed E-state index contributed by atoms with van der Waals surface area (Å²) in [6, 6.07) is 4.34. The molecule has 1 unspecified atom stereocenters. The van der Waals surface area contributed by atoms with E-state index in [1.165, 1.54) is 13.0 Å². The molecule has 0 radical (unpaired) electrons. The van der Waals surface area contributed by atoms with Gasteiger partial charge < -0.3 is 5.32 Å². The molecular weight excluding hydrogens is 209 g/mol. The first-order chi connectivity index (χ1) is 7.41. The molecule has 4 heteroatoms. The Balaban J connectivity index is 2.81. The largest absolute Gasteiger partial charge is 0.343 e. The molecule has 1 aromatic rings. The first-order valence-electron chi connectivity index (χ1n) is 4.99. The van der Waals surface area contributed by atoms with Crippen molar-refractivity contribution in [2.24, 2.45) is 0 Å². The monoisotopic (exact) mass is 223 g/mol. The van der Waals surface area contributed by atoms with Crippen LogP contribution in [-0.2, 0) is 9.59 Å². The smallest absolute Gasteiger partial charge is 0.287 e. The van der Waals surface area contributed by atoms with E-state index in [4.69, 9.17) is 0 Å². The van der Waals surface area contributed by atoms with E-state index in [0.29, 0.717) is 11.1 Å². The topological polar surface area (TPSA) is 46.2 Å². The van der Waals surface area contributed by atoms with Crippen LogP contribution in [0.15, 0.2) is 18.2 Å². The van der Waals surface area contributed by atoms with E-state index >= 15 is 0 Å². The van der Waals surface area contributed by atoms with Gasteiger partial charge in [-0.2, -0.15) is 0 Å². The van der Waals surface area contributed by atoms with E-state index in [1.807, 2.05) is 0 Å². The Morgan fingerprint density at radius 1 is 1.38 bits per heavy atom. The fraction of sp³-hybridized carbons (Fsp3) is 0.333. The van der Waals surface area contributed by atoms with Crippen molar-refractivity contribution >= 4 is 11.7 Å². The van der Waals surface area contributed by atoms with Crippen molar-refractivity contribution in [3.63, 3.8) is 0 Å². The maximum absolute atomic E-state index is 13.3. The molecule has 1 N–H and O–H groups in total. The van der Waals surface area contributed by atoms with Crippen molar-refractivity contribution in [2.45, 2.75) is 26.8 Å². The summed E-state index contributed by atoms with van der Waals surface area (Å²) in [6.07, 6.45) is 0. The lowest BCUT2D eigenvalue weighted by atomic mass is 10.1. The average molecular weight is 223 g/mol. The summed E-state index contributed by atoms with van der Waals surface area (Å²) in [5.74, 6) is -1.53. The number of rotatable bonds is 3. The zero-order chi connectivity index (χ0) is 12.3. The number of amides is 1. The Bertz CT molecular complexity index is 429. The number of nitrogens with one attached hydrogen (secondary N) is 1. The minimum atomic E-state index is -0.659. The highest BCUT2D eigenvalue weighted by Crippen LogP contribution is 2.16. The number of carbonyl (C=O) groups excluding carboxylic acids is 2. The summed E-state index contributed by atoms with van der Waals surface area (Å²) in [4.78, 5) is 21.9. The van der Waals surface area contributed by atoms with Crippen LogP contribution >= 0.6 is 0 Å². The van der Waals surface area contributed by atoms with Crippen LogP contribution in [0.5, 0.6) is 0 Å². The molecule has 0 spiro atoms. The minimum absolute atomic E-state index is 0.318. The van der Waals surface area contributed by atoms with Crippen molar-refractivity contribution in [2.75, 3.05) is 0 Å². The molecule has 0 aliphatic carbocycles. The maximum atomic E-state index is 13.3. The highest BCUT2D eigenvalue weighted by molar-refractivity contribution is 6.35. The molecule has 0 fully saturated rings. The Labute approximate surface area is 93.7 Å². The van der Waals surface area contributed by atoms with Crippen molar-refractivity contribution in [1.29, 1.82) is 0 Å². The van der Waals surface area contributed by atoms with Crippen molar-refractivity contribution < 1.29 is 14.0 Å². The molecule has 0 aliphatic rings. The second-order valence-corrected chi connectivity index (χ2v) is 3.76. The highest BCUT2D eigenvalue weighted by atomic mass is 19.1. The van der Waals surface area contributed by atoms with Gasteiger partial charge in [0.25, 0.3) is 5.91 Å². The second-order valence-electron chi connectivity index (χ2n) is 3.76. The summed E-state index contributed by atoms with van der Waals surface area (Å²) >= 11 is 0. The van der Waals surface area contributed by atoms with Gasteiger partial charge in [-0.15, -0.1) is 0 Å². The molecule has 1 amide bonds. The SMILES string of the molecule is CC(=O)C(=O)NC(C)c1ccc(C)c(F)c1. The number of hydrogen-bond donors (Lipinski definition) is 1. The van der Waals surface area contributed by atoms with E-state index in [-0.39, 0.29) is 11.9 Å². The third-order valence-electron chi connectivity index (χ3n) is 2.36. The molecule has 1 rings (SSSR count). The van der Waals surface area contributed by atoms with Gasteiger partial charge in [-0.05, 0) is 31.0 Å². The lowest BCUT2D eigenvalue weighted by Gasteiger charge is -2.13. The van der Waals surface area contributed by atoms with Crippen LogP contribution in [0.1, 0.15) is 31.0 Å². The van der Waals surface area contributed by atoms with Gasteiger partial charge in [0.15, 0.2) is 0 Å². The van der Waals surface area contributed by atoms with Crippen LogP contribution in [0, 0.1) is 12.7 Å². The molecule has 0 bridgehead atoms. The van der Waals surface area contributed by atoms with Gasteiger partial charge in [0, 0.05) is 6.92 Å². The summed E-state index contributed by atoms with van der Waals surface area (Å²) in [6.45, 7) is 4.56. The molecular formula is C12H14FNO2. The lowest BCUT2D eigenvalue weighted by Crippen LogP contribution is -2.31. The molecule has 0 saturated carbocycles. The van der Waals surface area contributed by atoms with Gasteiger partial charge in [0.05, 0.1) is 6.04 Å². The number of halogens is 1. The Hall–Kier alpha value is -1.71. The zero-order valence-corrected chi connectivity index (χ0v) is 9.50. The van der Waals surface area contributed by atoms with Crippen LogP contribution in [0.4, 0.5) is 4.39 Å². The Kier molecular flexibility index (Phi) is 3.77. The van der Waals surface area contributed by atoms with Gasteiger partial charge >= 0.3 is 0 Å². The standard InChI is InChI=1S/C12H14FNO2/c1-7-4-5-10(6-11(7)13)8(2)14-12(16)9(3)15/h4-6,8H,1-3H3,(H,14,16). The van der Waals surface area contributed by atoms with Gasteiger partial charge in [-0.1, -0.05) is 12.1 Å². The fourth-order valence-corrected chi connectivity index (χ4v) is 1.26. The molecule has 1 atom stereocenters. The van der Waals surface area contributed by atoms with Crippen LogP contribution < -0.4 is 5.32 Å². The van der Waals surface area contributed by atoms with Gasteiger partial charge in [0.1, 0.15) is 5.82 Å². The van der Waals surface area contributed by atoms with E-state index in [2.05, 4.69) is 5.32 Å². The number of hydrogen-bond acceptors (Lipinski definition) is 2. The number of carbonyl (C=O) groups is 2. The quantitative estimate of drug-likeness (QED) is 0.795.